The lowest BCUT2D eigenvalue weighted by molar-refractivity contribution is 0.556. The normalized spacial score (nSPS) is 12.9. The minimum Gasteiger partial charge on any atom is -0.244 e. The highest BCUT2D eigenvalue weighted by Gasteiger charge is 2.21. The minimum atomic E-state index is -3.68. The molecule has 1 atom stereocenters. The molecule has 0 aromatic carbocycles. The molecule has 0 radical (unpaired) electrons. The predicted molar refractivity (Wildman–Crippen MR) is 76.4 cm³/mol. The number of thioether (sulfide) groups is 1. The fourth-order valence-electron chi connectivity index (χ4n) is 1.48. The van der Waals surface area contributed by atoms with Crippen molar-refractivity contribution >= 4 is 21.8 Å². The van der Waals surface area contributed by atoms with Gasteiger partial charge in [0, 0.05) is 12.2 Å². The van der Waals surface area contributed by atoms with Crippen molar-refractivity contribution in [1.82, 2.24) is 9.71 Å². The molecule has 0 spiro atoms. The summed E-state index contributed by atoms with van der Waals surface area (Å²) in [5.41, 5.74) is -0.0786. The van der Waals surface area contributed by atoms with Crippen LogP contribution in [0.4, 0.5) is 0 Å². The Morgan fingerprint density at radius 3 is 2.95 bits per heavy atom. The molecule has 0 aliphatic heterocycles. The van der Waals surface area contributed by atoms with Crippen molar-refractivity contribution in [2.75, 3.05) is 11.5 Å². The molecule has 1 aromatic heterocycles. The van der Waals surface area contributed by atoms with Crippen molar-refractivity contribution in [3.8, 4) is 6.07 Å². The number of rotatable bonds is 7. The van der Waals surface area contributed by atoms with Crippen LogP contribution in [0, 0.1) is 11.3 Å². The molecule has 0 aliphatic rings. The van der Waals surface area contributed by atoms with Crippen LogP contribution in [0.15, 0.2) is 23.2 Å². The van der Waals surface area contributed by atoms with Crippen LogP contribution in [-0.4, -0.2) is 30.9 Å². The Morgan fingerprint density at radius 1 is 1.58 bits per heavy atom. The van der Waals surface area contributed by atoms with Crippen LogP contribution in [0.3, 0.4) is 0 Å². The van der Waals surface area contributed by atoms with Gasteiger partial charge in [-0.2, -0.15) is 17.0 Å². The first kappa shape index (κ1) is 16.0. The van der Waals surface area contributed by atoms with E-state index >= 15 is 0 Å². The first-order chi connectivity index (χ1) is 9.01. The largest absolute Gasteiger partial charge is 0.244 e. The first-order valence-corrected chi connectivity index (χ1v) is 8.60. The summed E-state index contributed by atoms with van der Waals surface area (Å²) < 4.78 is 26.9. The van der Waals surface area contributed by atoms with E-state index in [9.17, 15) is 8.42 Å². The molecule has 104 valence electrons. The summed E-state index contributed by atoms with van der Waals surface area (Å²) in [6.45, 7) is 3.88. The van der Waals surface area contributed by atoms with Gasteiger partial charge >= 0.3 is 0 Å². The number of hydrogen-bond donors (Lipinski definition) is 1. The molecule has 0 aliphatic carbocycles. The second-order valence-electron chi connectivity index (χ2n) is 3.97. The Kier molecular flexibility index (Phi) is 6.28. The molecule has 0 fully saturated rings. The summed E-state index contributed by atoms with van der Waals surface area (Å²) in [5.74, 6) is 1.92. The number of aromatic nitrogens is 1. The van der Waals surface area contributed by atoms with Gasteiger partial charge in [0.05, 0.1) is 0 Å². The third-order valence-electron chi connectivity index (χ3n) is 2.42. The summed E-state index contributed by atoms with van der Waals surface area (Å²) in [5, 5.41) is 8.88. The van der Waals surface area contributed by atoms with Crippen LogP contribution < -0.4 is 4.72 Å². The van der Waals surface area contributed by atoms with E-state index < -0.39 is 10.0 Å². The van der Waals surface area contributed by atoms with Crippen molar-refractivity contribution in [2.45, 2.75) is 31.2 Å². The smallest absolute Gasteiger partial charge is 0.243 e. The Balaban J connectivity index is 2.79. The number of pyridine rings is 1. The van der Waals surface area contributed by atoms with Gasteiger partial charge < -0.3 is 0 Å². The highest BCUT2D eigenvalue weighted by molar-refractivity contribution is 7.99. The number of sulfonamides is 1. The fraction of sp³-hybridized carbons (Fsp3) is 0.500. The maximum absolute atomic E-state index is 12.1. The van der Waals surface area contributed by atoms with Crippen LogP contribution in [0.25, 0.3) is 0 Å². The zero-order chi connectivity index (χ0) is 14.3. The molecule has 5 nitrogen and oxygen atoms in total. The second kappa shape index (κ2) is 7.48. The van der Waals surface area contributed by atoms with Gasteiger partial charge in [-0.15, -0.1) is 0 Å². The zero-order valence-corrected chi connectivity index (χ0v) is 12.6. The molecule has 1 rings (SSSR count). The predicted octanol–water partition coefficient (Wildman–Crippen LogP) is 1.76. The summed E-state index contributed by atoms with van der Waals surface area (Å²) in [6, 6.07) is 4.52. The van der Waals surface area contributed by atoms with Gasteiger partial charge in [0.2, 0.25) is 10.0 Å². The van der Waals surface area contributed by atoms with Crippen molar-refractivity contribution in [3.05, 3.63) is 24.0 Å². The van der Waals surface area contributed by atoms with E-state index in [0.717, 1.165) is 17.9 Å². The zero-order valence-electron chi connectivity index (χ0n) is 11.0. The van der Waals surface area contributed by atoms with Crippen molar-refractivity contribution in [2.24, 2.45) is 0 Å². The molecule has 1 N–H and O–H groups in total. The Hall–Kier alpha value is -1.10. The van der Waals surface area contributed by atoms with Crippen molar-refractivity contribution in [3.63, 3.8) is 0 Å². The Bertz CT molecular complexity index is 552. The number of nitrogens with zero attached hydrogens (tertiary/aromatic N) is 2. The first-order valence-electron chi connectivity index (χ1n) is 5.96. The lowest BCUT2D eigenvalue weighted by Crippen LogP contribution is -2.33. The fourth-order valence-corrected chi connectivity index (χ4v) is 3.68. The summed E-state index contributed by atoms with van der Waals surface area (Å²) >= 11 is 1.77. The average Bonchev–Trinajstić information content (AvgIpc) is 2.38. The maximum atomic E-state index is 12.1. The number of nitriles is 1. The molecular formula is C12H17N3O2S2. The van der Waals surface area contributed by atoms with Gasteiger partial charge in [-0.1, -0.05) is 6.92 Å². The second-order valence-corrected chi connectivity index (χ2v) is 7.05. The third kappa shape index (κ3) is 4.82. The van der Waals surface area contributed by atoms with Crippen LogP contribution in [0.1, 0.15) is 26.0 Å². The third-order valence-corrected chi connectivity index (χ3v) is 4.98. The van der Waals surface area contributed by atoms with E-state index in [-0.39, 0.29) is 16.6 Å². The molecule has 0 amide bonds. The molecule has 0 saturated heterocycles. The Labute approximate surface area is 118 Å². The van der Waals surface area contributed by atoms with Gasteiger partial charge in [0.15, 0.2) is 5.69 Å². The van der Waals surface area contributed by atoms with Gasteiger partial charge in [-0.3, -0.25) is 0 Å². The van der Waals surface area contributed by atoms with Gasteiger partial charge in [0.1, 0.15) is 11.0 Å². The lowest BCUT2D eigenvalue weighted by Gasteiger charge is -2.14. The van der Waals surface area contributed by atoms with Crippen LogP contribution in [0.2, 0.25) is 0 Å². The highest BCUT2D eigenvalue weighted by Crippen LogP contribution is 2.13. The van der Waals surface area contributed by atoms with E-state index in [1.807, 2.05) is 6.92 Å². The van der Waals surface area contributed by atoms with E-state index in [2.05, 4.69) is 16.6 Å². The van der Waals surface area contributed by atoms with Crippen molar-refractivity contribution < 1.29 is 8.42 Å². The van der Waals surface area contributed by atoms with E-state index in [0.29, 0.717) is 0 Å². The van der Waals surface area contributed by atoms with Crippen LogP contribution in [0.5, 0.6) is 0 Å². The van der Waals surface area contributed by atoms with E-state index in [4.69, 9.17) is 5.26 Å². The van der Waals surface area contributed by atoms with E-state index in [1.165, 1.54) is 18.3 Å². The lowest BCUT2D eigenvalue weighted by atomic mass is 10.3. The Morgan fingerprint density at radius 2 is 2.32 bits per heavy atom. The van der Waals surface area contributed by atoms with E-state index in [1.54, 1.807) is 17.8 Å². The molecule has 1 unspecified atom stereocenters. The molecule has 1 heterocycles. The number of nitrogens with one attached hydrogen (secondary N) is 1. The van der Waals surface area contributed by atoms with Crippen LogP contribution in [-0.2, 0) is 10.0 Å². The average molecular weight is 299 g/mol. The SMILES string of the molecule is CCSCCC(C)NS(=O)(=O)c1cccnc1C#N. The molecule has 19 heavy (non-hydrogen) atoms. The van der Waals surface area contributed by atoms with Gasteiger partial charge in [-0.25, -0.2) is 18.1 Å². The molecular weight excluding hydrogens is 282 g/mol. The topological polar surface area (TPSA) is 82.8 Å². The molecule has 1 aromatic rings. The highest BCUT2D eigenvalue weighted by atomic mass is 32.2. The number of hydrogen-bond acceptors (Lipinski definition) is 5. The standard InChI is InChI=1S/C12H17N3O2S2/c1-3-18-8-6-10(2)15-19(16,17)12-5-4-7-14-11(12)9-13/h4-5,7,10,15H,3,6,8H2,1-2H3. The molecule has 0 bridgehead atoms. The monoisotopic (exact) mass is 299 g/mol. The minimum absolute atomic E-state index is 0.0625. The van der Waals surface area contributed by atoms with Crippen LogP contribution >= 0.6 is 11.8 Å². The van der Waals surface area contributed by atoms with Crippen molar-refractivity contribution in [1.29, 1.82) is 5.26 Å². The summed E-state index contributed by atoms with van der Waals surface area (Å²) in [6.07, 6.45) is 2.15. The summed E-state index contributed by atoms with van der Waals surface area (Å²) in [4.78, 5) is 3.70. The van der Waals surface area contributed by atoms with Gasteiger partial charge in [0.25, 0.3) is 0 Å². The molecule has 0 saturated carbocycles. The van der Waals surface area contributed by atoms with Gasteiger partial charge in [-0.05, 0) is 37.0 Å². The maximum Gasteiger partial charge on any atom is 0.243 e. The molecule has 7 heteroatoms. The summed E-state index contributed by atoms with van der Waals surface area (Å²) in [7, 11) is -3.68. The quantitative estimate of drug-likeness (QED) is 0.776.